The van der Waals surface area contributed by atoms with Gasteiger partial charge in [-0.15, -0.1) is 0 Å². The van der Waals surface area contributed by atoms with Crippen LogP contribution in [0.5, 0.6) is 11.5 Å². The number of hydrogen-bond donors (Lipinski definition) is 0. The van der Waals surface area contributed by atoms with Crippen LogP contribution >= 0.6 is 0 Å². The van der Waals surface area contributed by atoms with Crippen LogP contribution in [-0.2, 0) is 0 Å². The first-order valence-corrected chi connectivity index (χ1v) is 13.9. The van der Waals surface area contributed by atoms with Crippen LogP contribution in [-0.4, -0.2) is 20.6 Å². The van der Waals surface area contributed by atoms with Gasteiger partial charge in [-0.3, -0.25) is 0 Å². The van der Waals surface area contributed by atoms with Gasteiger partial charge in [-0.05, 0) is 0 Å². The summed E-state index contributed by atoms with van der Waals surface area (Å²) in [7, 11) is 0. The summed E-state index contributed by atoms with van der Waals surface area (Å²) < 4.78 is 13.9. The molecule has 0 heterocycles. The van der Waals surface area contributed by atoms with E-state index in [0.29, 0.717) is 0 Å². The van der Waals surface area contributed by atoms with Gasteiger partial charge in [0.1, 0.15) is 0 Å². The Labute approximate surface area is 161 Å². The molecule has 2 nitrogen and oxygen atoms in total. The molecule has 0 aliphatic heterocycles. The minimum atomic E-state index is -2.45. The molecule has 3 heteroatoms. The monoisotopic (exact) mass is 447 g/mol. The predicted octanol–water partition coefficient (Wildman–Crippen LogP) is 6.61. The number of unbranched alkanes of at least 4 members (excludes halogenated alkanes) is 5. The van der Waals surface area contributed by atoms with Crippen molar-refractivity contribution in [3.05, 3.63) is 59.7 Å². The summed E-state index contributed by atoms with van der Waals surface area (Å²) >= 11 is -2.45. The second-order valence-electron chi connectivity index (χ2n) is 6.62. The zero-order valence-electron chi connectivity index (χ0n) is 15.9. The number of aryl methyl sites for hydroxylation is 2. The van der Waals surface area contributed by atoms with Gasteiger partial charge in [-0.2, -0.15) is 0 Å². The van der Waals surface area contributed by atoms with E-state index in [2.05, 4.69) is 57.2 Å². The molecule has 0 aliphatic carbocycles. The van der Waals surface area contributed by atoms with Crippen molar-refractivity contribution in [2.45, 2.75) is 63.7 Å². The molecule has 0 saturated heterocycles. The van der Waals surface area contributed by atoms with Crippen molar-refractivity contribution >= 4 is 20.6 Å². The average Bonchev–Trinajstić information content (AvgIpc) is 2.61. The van der Waals surface area contributed by atoms with Crippen LogP contribution in [0.3, 0.4) is 0 Å². The number of benzene rings is 2. The molecule has 0 bridgehead atoms. The van der Waals surface area contributed by atoms with E-state index in [1.54, 1.807) is 0 Å². The summed E-state index contributed by atoms with van der Waals surface area (Å²) in [4.78, 5) is 0. The first kappa shape index (κ1) is 20.2. The molecule has 0 amide bonds. The Morgan fingerprint density at radius 3 is 1.68 bits per heavy atom. The van der Waals surface area contributed by atoms with Gasteiger partial charge in [0.05, 0.1) is 0 Å². The van der Waals surface area contributed by atoms with Gasteiger partial charge >= 0.3 is 162 Å². The van der Waals surface area contributed by atoms with Crippen LogP contribution in [0.15, 0.2) is 48.5 Å². The molecule has 1 radical (unpaired) electrons. The molecule has 135 valence electrons. The fraction of sp³-hybridized carbons (Fsp3) is 0.455. The zero-order chi connectivity index (χ0) is 17.9. The zero-order valence-corrected chi connectivity index (χ0v) is 18.7. The third-order valence-electron chi connectivity index (χ3n) is 4.37. The molecule has 0 spiro atoms. The summed E-state index contributed by atoms with van der Waals surface area (Å²) in [6.07, 6.45) is 7.85. The van der Waals surface area contributed by atoms with Gasteiger partial charge in [0.25, 0.3) is 0 Å². The minimum absolute atomic E-state index is 0.997. The maximum absolute atomic E-state index is 6.41. The fourth-order valence-electron chi connectivity index (χ4n) is 2.76. The van der Waals surface area contributed by atoms with Crippen molar-refractivity contribution in [1.29, 1.82) is 0 Å². The van der Waals surface area contributed by atoms with E-state index in [-0.39, 0.29) is 0 Å². The van der Waals surface area contributed by atoms with Gasteiger partial charge in [-0.25, -0.2) is 0 Å². The Balaban J connectivity index is 1.96. The van der Waals surface area contributed by atoms with Gasteiger partial charge in [0, 0.05) is 0 Å². The normalized spacial score (nSPS) is 10.9. The molecule has 0 atom stereocenters. The van der Waals surface area contributed by atoms with E-state index < -0.39 is 20.6 Å². The molecule has 25 heavy (non-hydrogen) atoms. The second kappa shape index (κ2) is 11.5. The van der Waals surface area contributed by atoms with Crippen LogP contribution in [0, 0.1) is 13.8 Å². The van der Waals surface area contributed by atoms with Crippen molar-refractivity contribution < 1.29 is 6.15 Å². The second-order valence-corrected chi connectivity index (χ2v) is 11.3. The molecule has 0 aliphatic rings. The summed E-state index contributed by atoms with van der Waals surface area (Å²) in [5.74, 6) is 1.99. The van der Waals surface area contributed by atoms with Crippen LogP contribution in [0.25, 0.3) is 0 Å². The fourth-order valence-corrected chi connectivity index (χ4v) is 7.71. The SMILES string of the molecule is CCCCCCC[CH2][Sn]([O]c1ccccc1C)[O]c1ccccc1C. The van der Waals surface area contributed by atoms with E-state index in [0.717, 1.165) is 15.9 Å². The number of hydrogen-bond acceptors (Lipinski definition) is 2. The molecule has 2 aromatic carbocycles. The van der Waals surface area contributed by atoms with Crippen LogP contribution in [0.2, 0.25) is 4.44 Å². The van der Waals surface area contributed by atoms with E-state index >= 15 is 0 Å². The Morgan fingerprint density at radius 1 is 0.680 bits per heavy atom. The van der Waals surface area contributed by atoms with Crippen LogP contribution < -0.4 is 6.15 Å². The molecule has 2 aromatic rings. The standard InChI is InChI=1S/C8H17.2C7H8O.Sn/c1-3-5-7-8-6-4-2;2*1-6-4-2-3-5-7(6)8;/h1,3-8H2,2H3;2*2-5,8H,1H3;/q;;;+2/p-2. The first-order chi connectivity index (χ1) is 12.2. The van der Waals surface area contributed by atoms with Crippen molar-refractivity contribution in [2.75, 3.05) is 0 Å². The van der Waals surface area contributed by atoms with Crippen molar-refractivity contribution in [1.82, 2.24) is 0 Å². The predicted molar refractivity (Wildman–Crippen MR) is 108 cm³/mol. The Bertz CT molecular complexity index is 579. The van der Waals surface area contributed by atoms with Crippen molar-refractivity contribution in [3.63, 3.8) is 0 Å². The summed E-state index contributed by atoms with van der Waals surface area (Å²) in [5, 5.41) is 0. The summed E-state index contributed by atoms with van der Waals surface area (Å²) in [6.45, 7) is 6.47. The maximum atomic E-state index is 6.41. The van der Waals surface area contributed by atoms with Gasteiger partial charge in [-0.1, -0.05) is 0 Å². The number of para-hydroxylation sites is 2. The van der Waals surface area contributed by atoms with Crippen LogP contribution in [0.1, 0.15) is 56.6 Å². The van der Waals surface area contributed by atoms with E-state index in [1.807, 2.05) is 12.1 Å². The van der Waals surface area contributed by atoms with Gasteiger partial charge < -0.3 is 0 Å². The van der Waals surface area contributed by atoms with Crippen molar-refractivity contribution in [3.8, 4) is 11.5 Å². The Morgan fingerprint density at radius 2 is 1.16 bits per heavy atom. The summed E-state index contributed by atoms with van der Waals surface area (Å²) in [5.41, 5.74) is 2.38. The summed E-state index contributed by atoms with van der Waals surface area (Å²) in [6, 6.07) is 16.5. The molecular formula is C22H31O2Sn. The quantitative estimate of drug-likeness (QED) is 0.286. The molecule has 2 rings (SSSR count). The third-order valence-corrected chi connectivity index (χ3v) is 9.10. The van der Waals surface area contributed by atoms with Crippen LogP contribution in [0.4, 0.5) is 0 Å². The van der Waals surface area contributed by atoms with Gasteiger partial charge in [0.2, 0.25) is 0 Å². The number of rotatable bonds is 11. The average molecular weight is 446 g/mol. The Hall–Kier alpha value is -1.16. The van der Waals surface area contributed by atoms with E-state index in [9.17, 15) is 0 Å². The molecule has 0 aromatic heterocycles. The van der Waals surface area contributed by atoms with E-state index in [4.69, 9.17) is 6.15 Å². The topological polar surface area (TPSA) is 18.5 Å². The van der Waals surface area contributed by atoms with Crippen molar-refractivity contribution in [2.24, 2.45) is 0 Å². The van der Waals surface area contributed by atoms with E-state index in [1.165, 1.54) is 49.7 Å². The Kier molecular flexibility index (Phi) is 9.23. The molecule has 0 fully saturated rings. The molecule has 0 N–H and O–H groups in total. The molecule has 0 saturated carbocycles. The molecular weight excluding hydrogens is 415 g/mol. The molecule has 0 unspecified atom stereocenters. The van der Waals surface area contributed by atoms with Gasteiger partial charge in [0.15, 0.2) is 0 Å². The first-order valence-electron chi connectivity index (χ1n) is 9.53. The third kappa shape index (κ3) is 7.31.